The molecule has 270 valence electrons. The fourth-order valence-corrected chi connectivity index (χ4v) is 9.09. The van der Waals surface area contributed by atoms with Crippen molar-refractivity contribution in [1.82, 2.24) is 24.1 Å². The molecule has 0 spiro atoms. The first-order valence-electron chi connectivity index (χ1n) is 19.4. The molecular formula is C51H29N5O2. The van der Waals surface area contributed by atoms with Crippen LogP contribution in [0.5, 0.6) is 0 Å². The first-order valence-corrected chi connectivity index (χ1v) is 19.4. The Kier molecular flexibility index (Phi) is 6.32. The summed E-state index contributed by atoms with van der Waals surface area (Å²) >= 11 is 0. The van der Waals surface area contributed by atoms with Crippen molar-refractivity contribution >= 4 is 87.5 Å². The van der Waals surface area contributed by atoms with E-state index >= 15 is 0 Å². The van der Waals surface area contributed by atoms with Crippen molar-refractivity contribution in [3.05, 3.63) is 176 Å². The second-order valence-corrected chi connectivity index (χ2v) is 14.8. The molecule has 0 aliphatic heterocycles. The molecule has 5 aromatic heterocycles. The quantitative estimate of drug-likeness (QED) is 0.179. The van der Waals surface area contributed by atoms with E-state index in [1.54, 1.807) is 0 Å². The molecule has 58 heavy (non-hydrogen) atoms. The van der Waals surface area contributed by atoms with Gasteiger partial charge in [0.1, 0.15) is 22.3 Å². The van der Waals surface area contributed by atoms with Gasteiger partial charge in [-0.25, -0.2) is 4.98 Å². The largest absolute Gasteiger partial charge is 0.456 e. The maximum Gasteiger partial charge on any atom is 0.238 e. The van der Waals surface area contributed by atoms with E-state index in [2.05, 4.69) is 130 Å². The number of aromatic nitrogens is 5. The van der Waals surface area contributed by atoms with E-state index in [-0.39, 0.29) is 0 Å². The van der Waals surface area contributed by atoms with E-state index in [0.717, 1.165) is 93.5 Å². The van der Waals surface area contributed by atoms with E-state index in [0.29, 0.717) is 17.6 Å². The number of furan rings is 2. The summed E-state index contributed by atoms with van der Waals surface area (Å²) in [7, 11) is 0. The molecule has 7 nitrogen and oxygen atoms in total. The Hall–Kier alpha value is -8.03. The minimum absolute atomic E-state index is 0.509. The highest BCUT2D eigenvalue weighted by molar-refractivity contribution is 6.29. The maximum absolute atomic E-state index is 6.55. The van der Waals surface area contributed by atoms with Gasteiger partial charge in [0.25, 0.3) is 0 Å². The molecule has 0 saturated heterocycles. The molecule has 0 amide bonds. The lowest BCUT2D eigenvalue weighted by Crippen LogP contribution is -2.06. The van der Waals surface area contributed by atoms with E-state index in [9.17, 15) is 0 Å². The van der Waals surface area contributed by atoms with Gasteiger partial charge in [-0.1, -0.05) is 109 Å². The second kappa shape index (κ2) is 11.7. The summed E-state index contributed by atoms with van der Waals surface area (Å²) in [4.78, 5) is 15.9. The highest BCUT2D eigenvalue weighted by Gasteiger charge is 2.24. The normalized spacial score (nSPS) is 12.1. The molecule has 13 rings (SSSR count). The van der Waals surface area contributed by atoms with Gasteiger partial charge in [-0.3, -0.25) is 4.57 Å². The van der Waals surface area contributed by atoms with E-state index in [1.165, 1.54) is 10.8 Å². The molecule has 8 aromatic carbocycles. The lowest BCUT2D eigenvalue weighted by atomic mass is 10.1. The van der Waals surface area contributed by atoms with E-state index < -0.39 is 0 Å². The molecule has 0 radical (unpaired) electrons. The maximum atomic E-state index is 6.55. The van der Waals surface area contributed by atoms with Crippen LogP contribution in [0.3, 0.4) is 0 Å². The van der Waals surface area contributed by atoms with Crippen LogP contribution in [-0.4, -0.2) is 24.1 Å². The van der Waals surface area contributed by atoms with Crippen LogP contribution in [0.4, 0.5) is 0 Å². The van der Waals surface area contributed by atoms with Crippen molar-refractivity contribution < 1.29 is 8.83 Å². The fraction of sp³-hybridized carbons (Fsp3) is 0. The third-order valence-corrected chi connectivity index (χ3v) is 11.6. The molecular weight excluding hydrogens is 715 g/mol. The van der Waals surface area contributed by atoms with Crippen LogP contribution in [0.1, 0.15) is 0 Å². The molecule has 0 fully saturated rings. The average Bonchev–Trinajstić information content (AvgIpc) is 4.04. The van der Waals surface area contributed by atoms with Crippen LogP contribution in [-0.2, 0) is 0 Å². The van der Waals surface area contributed by atoms with Crippen LogP contribution < -0.4 is 0 Å². The van der Waals surface area contributed by atoms with Crippen molar-refractivity contribution in [3.63, 3.8) is 0 Å². The molecule has 0 aliphatic rings. The Morgan fingerprint density at radius 2 is 0.931 bits per heavy atom. The molecule has 0 saturated carbocycles. The summed E-state index contributed by atoms with van der Waals surface area (Å²) < 4.78 is 17.4. The van der Waals surface area contributed by atoms with Gasteiger partial charge >= 0.3 is 0 Å². The molecule has 13 aromatic rings. The molecule has 0 aliphatic carbocycles. The number of para-hydroxylation sites is 6. The van der Waals surface area contributed by atoms with Gasteiger partial charge in [0.05, 0.1) is 27.6 Å². The number of hydrogen-bond donors (Lipinski definition) is 0. The number of rotatable bonds is 4. The number of nitrogens with zero attached hydrogens (tertiary/aromatic N) is 5. The van der Waals surface area contributed by atoms with Crippen LogP contribution >= 0.6 is 0 Å². The summed E-state index contributed by atoms with van der Waals surface area (Å²) in [5.74, 6) is 1.56. The van der Waals surface area contributed by atoms with Crippen LogP contribution in [0, 0.1) is 0 Å². The Morgan fingerprint density at radius 1 is 0.362 bits per heavy atom. The Morgan fingerprint density at radius 3 is 1.69 bits per heavy atom. The van der Waals surface area contributed by atoms with E-state index in [4.69, 9.17) is 23.8 Å². The number of benzene rings is 8. The fourth-order valence-electron chi connectivity index (χ4n) is 9.09. The zero-order chi connectivity index (χ0) is 37.9. The van der Waals surface area contributed by atoms with Gasteiger partial charge < -0.3 is 13.4 Å². The highest BCUT2D eigenvalue weighted by Crippen LogP contribution is 2.43. The lowest BCUT2D eigenvalue weighted by Gasteiger charge is -2.11. The van der Waals surface area contributed by atoms with E-state index in [1.807, 2.05) is 54.6 Å². The van der Waals surface area contributed by atoms with Gasteiger partial charge in [0.2, 0.25) is 5.95 Å². The minimum Gasteiger partial charge on any atom is -0.456 e. The van der Waals surface area contributed by atoms with Crippen LogP contribution in [0.15, 0.2) is 185 Å². The minimum atomic E-state index is 0.509. The van der Waals surface area contributed by atoms with Crippen molar-refractivity contribution in [3.8, 4) is 34.4 Å². The molecule has 7 heteroatoms. The standard InChI is InChI=1S/C51H29N5O2/c1-2-13-31(14-3-1)55-39-21-8-4-17-36(39)46-41(55)27-28-42-47(46)37-18-5-9-22-40(37)56(42)51-53-49(30-25-26-34-32-15-6-10-23-43(32)57-45(34)29-30)52-50(54-51)38-20-12-19-35-33-16-7-11-24-44(33)58-48(35)38/h1-29H. The number of hydrogen-bond acceptors (Lipinski definition) is 5. The first-order chi connectivity index (χ1) is 28.8. The third kappa shape index (κ3) is 4.35. The Balaban J connectivity index is 1.13. The molecule has 0 unspecified atom stereocenters. The lowest BCUT2D eigenvalue weighted by molar-refractivity contribution is 0.668. The zero-order valence-corrected chi connectivity index (χ0v) is 30.8. The van der Waals surface area contributed by atoms with Crippen molar-refractivity contribution in [2.75, 3.05) is 0 Å². The molecule has 0 N–H and O–H groups in total. The van der Waals surface area contributed by atoms with Crippen LogP contribution in [0.2, 0.25) is 0 Å². The topological polar surface area (TPSA) is 74.8 Å². The van der Waals surface area contributed by atoms with Crippen molar-refractivity contribution in [2.24, 2.45) is 0 Å². The van der Waals surface area contributed by atoms with Gasteiger partial charge in [0.15, 0.2) is 11.6 Å². The molecule has 5 heterocycles. The molecule has 0 bridgehead atoms. The average molecular weight is 744 g/mol. The molecule has 0 atom stereocenters. The summed E-state index contributed by atoms with van der Waals surface area (Å²) in [6, 6.07) is 60.8. The predicted octanol–water partition coefficient (Wildman–Crippen LogP) is 13.2. The second-order valence-electron chi connectivity index (χ2n) is 14.8. The smallest absolute Gasteiger partial charge is 0.238 e. The predicted molar refractivity (Wildman–Crippen MR) is 234 cm³/mol. The van der Waals surface area contributed by atoms with Gasteiger partial charge in [-0.15, -0.1) is 0 Å². The van der Waals surface area contributed by atoms with Crippen molar-refractivity contribution in [2.45, 2.75) is 0 Å². The highest BCUT2D eigenvalue weighted by atomic mass is 16.3. The monoisotopic (exact) mass is 743 g/mol. The zero-order valence-electron chi connectivity index (χ0n) is 30.8. The Bertz CT molecular complexity index is 3810. The van der Waals surface area contributed by atoms with Gasteiger partial charge in [-0.2, -0.15) is 9.97 Å². The first kappa shape index (κ1) is 31.2. The summed E-state index contributed by atoms with van der Waals surface area (Å²) in [6.45, 7) is 0. The summed E-state index contributed by atoms with van der Waals surface area (Å²) in [5, 5.41) is 8.80. The summed E-state index contributed by atoms with van der Waals surface area (Å²) in [5.41, 5.74) is 10.2. The SMILES string of the molecule is c1ccc(-n2c3ccccc3c3c4c5ccccc5n(-c5nc(-c6ccc7c(c6)oc6ccccc67)nc(-c6cccc7c6oc6ccccc67)n5)c4ccc32)cc1. The van der Waals surface area contributed by atoms with Gasteiger partial charge in [0, 0.05) is 54.3 Å². The Labute approximate surface area is 329 Å². The van der Waals surface area contributed by atoms with Crippen LogP contribution in [0.25, 0.3) is 122 Å². The number of fused-ring (bicyclic) bond motifs is 13. The summed E-state index contributed by atoms with van der Waals surface area (Å²) in [6.07, 6.45) is 0. The third-order valence-electron chi connectivity index (χ3n) is 11.6. The van der Waals surface area contributed by atoms with Gasteiger partial charge in [-0.05, 0) is 66.7 Å². The van der Waals surface area contributed by atoms with Crippen molar-refractivity contribution in [1.29, 1.82) is 0 Å².